The molecule has 0 rings (SSSR count). The quantitative estimate of drug-likeness (QED) is 0.516. The van der Waals surface area contributed by atoms with Crippen molar-refractivity contribution in [3.8, 4) is 0 Å². The highest BCUT2D eigenvalue weighted by atomic mass is 31.0. The van der Waals surface area contributed by atoms with E-state index in [0.717, 1.165) is 30.5 Å². The highest BCUT2D eigenvalue weighted by Crippen LogP contribution is 2.08. The van der Waals surface area contributed by atoms with Crippen LogP contribution in [0.1, 0.15) is 20.3 Å². The van der Waals surface area contributed by atoms with Crippen LogP contribution < -0.4 is 5.32 Å². The molecule has 0 aromatic rings. The minimum atomic E-state index is 0.411. The van der Waals surface area contributed by atoms with Crippen molar-refractivity contribution >= 4 is 9.24 Å². The van der Waals surface area contributed by atoms with Crippen LogP contribution in [-0.2, 0) is 0 Å². The highest BCUT2D eigenvalue weighted by molar-refractivity contribution is 7.16. The largest absolute Gasteiger partial charge is 0.382 e. The molecule has 0 aromatic heterocycles. The van der Waals surface area contributed by atoms with Crippen molar-refractivity contribution in [2.45, 2.75) is 26.3 Å². The summed E-state index contributed by atoms with van der Waals surface area (Å²) >= 11 is 0. The summed E-state index contributed by atoms with van der Waals surface area (Å²) in [7, 11) is 4.78. The van der Waals surface area contributed by atoms with Crippen molar-refractivity contribution in [2.24, 2.45) is 0 Å². The standard InChI is InChI=1S/C11H23N2P/c1-9(2)12-10(3)11(4)13(5)7-6-8-14/h9,12H,3-4,6-8,14H2,1-2,5H3. The predicted molar refractivity (Wildman–Crippen MR) is 68.4 cm³/mol. The van der Waals surface area contributed by atoms with E-state index in [4.69, 9.17) is 0 Å². The van der Waals surface area contributed by atoms with E-state index in [1.54, 1.807) is 0 Å². The molecule has 82 valence electrons. The van der Waals surface area contributed by atoms with Gasteiger partial charge >= 0.3 is 0 Å². The van der Waals surface area contributed by atoms with Gasteiger partial charge in [0.25, 0.3) is 0 Å². The summed E-state index contributed by atoms with van der Waals surface area (Å²) in [6.45, 7) is 13.2. The summed E-state index contributed by atoms with van der Waals surface area (Å²) in [5.41, 5.74) is 1.91. The van der Waals surface area contributed by atoms with Gasteiger partial charge in [-0.1, -0.05) is 13.2 Å². The van der Waals surface area contributed by atoms with E-state index in [2.05, 4.69) is 53.5 Å². The van der Waals surface area contributed by atoms with Gasteiger partial charge in [0.1, 0.15) is 0 Å². The predicted octanol–water partition coefficient (Wildman–Crippen LogP) is 2.21. The smallest absolute Gasteiger partial charge is 0.0520 e. The maximum absolute atomic E-state index is 4.02. The van der Waals surface area contributed by atoms with Crippen molar-refractivity contribution in [3.05, 3.63) is 24.6 Å². The van der Waals surface area contributed by atoms with Gasteiger partial charge in [-0.25, -0.2) is 0 Å². The van der Waals surface area contributed by atoms with Crippen LogP contribution in [0.5, 0.6) is 0 Å². The monoisotopic (exact) mass is 214 g/mol. The molecule has 3 heteroatoms. The first kappa shape index (κ1) is 13.5. The van der Waals surface area contributed by atoms with Gasteiger partial charge in [-0.15, -0.1) is 9.24 Å². The molecule has 0 saturated heterocycles. The lowest BCUT2D eigenvalue weighted by Crippen LogP contribution is -2.28. The number of rotatable bonds is 7. The third-order valence-corrected chi connectivity index (χ3v) is 2.38. The van der Waals surface area contributed by atoms with Crippen molar-refractivity contribution in [1.82, 2.24) is 10.2 Å². The normalized spacial score (nSPS) is 10.1. The van der Waals surface area contributed by atoms with Crippen LogP contribution in [-0.4, -0.2) is 30.7 Å². The van der Waals surface area contributed by atoms with Crippen molar-refractivity contribution in [3.63, 3.8) is 0 Å². The Morgan fingerprint density at radius 2 is 2.00 bits per heavy atom. The van der Waals surface area contributed by atoms with Crippen molar-refractivity contribution in [1.29, 1.82) is 0 Å². The van der Waals surface area contributed by atoms with Crippen LogP contribution >= 0.6 is 9.24 Å². The molecule has 2 nitrogen and oxygen atoms in total. The Morgan fingerprint density at radius 3 is 2.43 bits per heavy atom. The van der Waals surface area contributed by atoms with E-state index in [1.165, 1.54) is 0 Å². The summed E-state index contributed by atoms with van der Waals surface area (Å²) in [6.07, 6.45) is 2.29. The zero-order valence-corrected chi connectivity index (χ0v) is 10.8. The van der Waals surface area contributed by atoms with Gasteiger partial charge in [0.05, 0.1) is 11.4 Å². The average molecular weight is 214 g/mol. The first-order chi connectivity index (χ1) is 6.49. The molecule has 0 aliphatic rings. The second kappa shape index (κ2) is 6.89. The fraction of sp³-hybridized carbons (Fsp3) is 0.636. The van der Waals surface area contributed by atoms with Gasteiger partial charge in [0.2, 0.25) is 0 Å². The molecule has 0 aromatic carbocycles. The van der Waals surface area contributed by atoms with Gasteiger partial charge in [-0.05, 0) is 26.4 Å². The second-order valence-electron chi connectivity index (χ2n) is 3.79. The summed E-state index contributed by atoms with van der Waals surface area (Å²) in [6, 6.07) is 0.411. The third-order valence-electron chi connectivity index (χ3n) is 1.97. The van der Waals surface area contributed by atoms with Crippen molar-refractivity contribution < 1.29 is 0 Å². The SMILES string of the molecule is C=C(NC(C)C)C(=C)N(C)CCCP. The molecule has 0 radical (unpaired) electrons. The highest BCUT2D eigenvalue weighted by Gasteiger charge is 2.05. The molecule has 0 spiro atoms. The van der Waals surface area contributed by atoms with E-state index in [0.29, 0.717) is 6.04 Å². The molecule has 0 aliphatic carbocycles. The molecule has 0 saturated carbocycles. The van der Waals surface area contributed by atoms with Gasteiger partial charge < -0.3 is 10.2 Å². The van der Waals surface area contributed by atoms with Crippen LogP contribution in [0.2, 0.25) is 0 Å². The summed E-state index contributed by atoms with van der Waals surface area (Å²) < 4.78 is 0. The third kappa shape index (κ3) is 5.29. The lowest BCUT2D eigenvalue weighted by molar-refractivity contribution is 0.418. The summed E-state index contributed by atoms with van der Waals surface area (Å²) in [5, 5.41) is 3.26. The summed E-state index contributed by atoms with van der Waals surface area (Å²) in [5.74, 6) is 0. The number of hydrogen-bond donors (Lipinski definition) is 1. The number of nitrogens with one attached hydrogen (secondary N) is 1. The Labute approximate surface area is 90.6 Å². The van der Waals surface area contributed by atoms with Crippen LogP contribution in [0.4, 0.5) is 0 Å². The van der Waals surface area contributed by atoms with Gasteiger partial charge in [-0.3, -0.25) is 0 Å². The van der Waals surface area contributed by atoms with Gasteiger partial charge in [0.15, 0.2) is 0 Å². The molecule has 0 heterocycles. The van der Waals surface area contributed by atoms with Crippen LogP contribution in [0, 0.1) is 0 Å². The zero-order valence-electron chi connectivity index (χ0n) is 9.64. The lowest BCUT2D eigenvalue weighted by Gasteiger charge is -2.24. The maximum atomic E-state index is 4.02. The number of nitrogens with zero attached hydrogens (tertiary/aromatic N) is 1. The minimum Gasteiger partial charge on any atom is -0.382 e. The Morgan fingerprint density at radius 1 is 1.43 bits per heavy atom. The van der Waals surface area contributed by atoms with Crippen LogP contribution in [0.15, 0.2) is 24.6 Å². The lowest BCUT2D eigenvalue weighted by atomic mass is 10.3. The van der Waals surface area contributed by atoms with E-state index in [9.17, 15) is 0 Å². The zero-order chi connectivity index (χ0) is 11.1. The number of likely N-dealkylation sites (N-methyl/N-ethyl adjacent to an activating group) is 1. The average Bonchev–Trinajstić information content (AvgIpc) is 2.11. The molecule has 1 N–H and O–H groups in total. The van der Waals surface area contributed by atoms with E-state index < -0.39 is 0 Å². The van der Waals surface area contributed by atoms with E-state index in [1.807, 2.05) is 0 Å². The Hall–Kier alpha value is -0.490. The first-order valence-corrected chi connectivity index (χ1v) is 5.86. The Kier molecular flexibility index (Phi) is 6.65. The van der Waals surface area contributed by atoms with E-state index in [-0.39, 0.29) is 0 Å². The molecule has 0 amide bonds. The molecule has 1 atom stereocenters. The second-order valence-corrected chi connectivity index (χ2v) is 4.37. The van der Waals surface area contributed by atoms with Crippen LogP contribution in [0.3, 0.4) is 0 Å². The molecular formula is C11H23N2P. The molecule has 0 fully saturated rings. The molecule has 0 aliphatic heterocycles. The van der Waals surface area contributed by atoms with E-state index >= 15 is 0 Å². The fourth-order valence-electron chi connectivity index (χ4n) is 1.13. The maximum Gasteiger partial charge on any atom is 0.0520 e. The minimum absolute atomic E-state index is 0.411. The first-order valence-electron chi connectivity index (χ1n) is 5.05. The molecule has 1 unspecified atom stereocenters. The van der Waals surface area contributed by atoms with Gasteiger partial charge in [0, 0.05) is 19.6 Å². The summed E-state index contributed by atoms with van der Waals surface area (Å²) in [4.78, 5) is 2.14. The Bertz CT molecular complexity index is 199. The van der Waals surface area contributed by atoms with Gasteiger partial charge in [-0.2, -0.15) is 0 Å². The fourth-order valence-corrected chi connectivity index (χ4v) is 1.31. The van der Waals surface area contributed by atoms with Crippen molar-refractivity contribution in [2.75, 3.05) is 19.8 Å². The molecule has 14 heavy (non-hydrogen) atoms. The molecular weight excluding hydrogens is 191 g/mol. The molecule has 0 bridgehead atoms. The van der Waals surface area contributed by atoms with Crippen LogP contribution in [0.25, 0.3) is 0 Å². The Balaban J connectivity index is 3.98. The topological polar surface area (TPSA) is 15.3 Å². The number of hydrogen-bond acceptors (Lipinski definition) is 2.